The van der Waals surface area contributed by atoms with Gasteiger partial charge in [-0.2, -0.15) is 0 Å². The number of pyridine rings is 1. The normalized spacial score (nSPS) is 11.1. The highest BCUT2D eigenvalue weighted by atomic mass is 79.9. The molecule has 0 saturated heterocycles. The van der Waals surface area contributed by atoms with Crippen molar-refractivity contribution < 1.29 is 13.2 Å². The van der Waals surface area contributed by atoms with E-state index in [1.165, 1.54) is 6.20 Å². The van der Waals surface area contributed by atoms with E-state index in [1.54, 1.807) is 12.3 Å². The molecule has 1 aromatic carbocycles. The molecule has 0 aliphatic rings. The first-order valence-corrected chi connectivity index (χ1v) is 6.14. The number of hydrogen-bond acceptors (Lipinski definition) is 3. The molecule has 2 N–H and O–H groups in total. The van der Waals surface area contributed by atoms with Gasteiger partial charge in [-0.1, -0.05) is 0 Å². The van der Waals surface area contributed by atoms with E-state index in [2.05, 4.69) is 20.9 Å². The molecule has 6 heteroatoms. The number of furan rings is 1. The zero-order valence-corrected chi connectivity index (χ0v) is 11.0. The molecule has 0 aliphatic carbocycles. The molecule has 0 spiro atoms. The number of nitrogens with two attached hydrogens (primary N) is 1. The minimum absolute atomic E-state index is 0.0191. The molecule has 96 valence electrons. The van der Waals surface area contributed by atoms with Crippen LogP contribution in [0.5, 0.6) is 0 Å². The lowest BCUT2D eigenvalue weighted by Gasteiger charge is -2.03. The smallest absolute Gasteiger partial charge is 0.161 e. The summed E-state index contributed by atoms with van der Waals surface area (Å²) in [6, 6.07) is 3.74. The molecule has 3 nitrogen and oxygen atoms in total. The van der Waals surface area contributed by atoms with Crippen LogP contribution in [-0.2, 0) is 0 Å². The van der Waals surface area contributed by atoms with E-state index in [1.807, 2.05) is 0 Å². The Morgan fingerprint density at radius 3 is 2.74 bits per heavy atom. The molecule has 3 rings (SSSR count). The molecule has 2 heterocycles. The molecule has 0 unspecified atom stereocenters. The van der Waals surface area contributed by atoms with Crippen LogP contribution in [0.1, 0.15) is 0 Å². The van der Waals surface area contributed by atoms with E-state index >= 15 is 0 Å². The number of nitrogens with zero attached hydrogens (tertiary/aromatic N) is 1. The molecule has 0 amide bonds. The second kappa shape index (κ2) is 4.31. The van der Waals surface area contributed by atoms with E-state index < -0.39 is 11.6 Å². The first-order valence-electron chi connectivity index (χ1n) is 5.35. The van der Waals surface area contributed by atoms with Crippen molar-refractivity contribution in [2.24, 2.45) is 0 Å². The highest BCUT2D eigenvalue weighted by molar-refractivity contribution is 9.10. The van der Waals surface area contributed by atoms with Gasteiger partial charge in [-0.25, -0.2) is 8.78 Å². The Morgan fingerprint density at radius 1 is 1.21 bits per heavy atom. The molecule has 0 bridgehead atoms. The summed E-state index contributed by atoms with van der Waals surface area (Å²) < 4.78 is 32.9. The Labute approximate surface area is 115 Å². The summed E-state index contributed by atoms with van der Waals surface area (Å²) in [5.74, 6) is -1.10. The summed E-state index contributed by atoms with van der Waals surface area (Å²) in [5.41, 5.74) is 6.58. The average molecular weight is 325 g/mol. The van der Waals surface area contributed by atoms with Gasteiger partial charge in [0.1, 0.15) is 11.6 Å². The number of halogens is 3. The second-order valence-electron chi connectivity index (χ2n) is 3.96. The minimum atomic E-state index is -0.619. The number of anilines is 1. The molecule has 0 radical (unpaired) electrons. The SMILES string of the molecule is Nc1c(-c2cc(F)c(Br)cc2F)oc2cnccc12. The fourth-order valence-corrected chi connectivity index (χ4v) is 2.18. The summed E-state index contributed by atoms with van der Waals surface area (Å²) in [4.78, 5) is 3.89. The lowest BCUT2D eigenvalue weighted by Crippen LogP contribution is -1.91. The summed E-state index contributed by atoms with van der Waals surface area (Å²) in [7, 11) is 0. The van der Waals surface area contributed by atoms with Crippen LogP contribution in [0.3, 0.4) is 0 Å². The van der Waals surface area contributed by atoms with E-state index in [0.717, 1.165) is 12.1 Å². The number of rotatable bonds is 1. The Balaban J connectivity index is 2.30. The Morgan fingerprint density at radius 2 is 2.00 bits per heavy atom. The van der Waals surface area contributed by atoms with Crippen molar-refractivity contribution in [3.05, 3.63) is 46.7 Å². The van der Waals surface area contributed by atoms with E-state index in [9.17, 15) is 8.78 Å². The third-order valence-corrected chi connectivity index (χ3v) is 3.39. The van der Waals surface area contributed by atoms with Gasteiger partial charge in [-0.15, -0.1) is 0 Å². The van der Waals surface area contributed by atoms with Crippen molar-refractivity contribution >= 4 is 32.6 Å². The molecule has 19 heavy (non-hydrogen) atoms. The van der Waals surface area contributed by atoms with Crippen molar-refractivity contribution in [3.63, 3.8) is 0 Å². The lowest BCUT2D eigenvalue weighted by atomic mass is 10.1. The second-order valence-corrected chi connectivity index (χ2v) is 4.82. The first kappa shape index (κ1) is 12.1. The Bertz CT molecular complexity index is 786. The highest BCUT2D eigenvalue weighted by Gasteiger charge is 2.18. The zero-order valence-electron chi connectivity index (χ0n) is 9.45. The van der Waals surface area contributed by atoms with Gasteiger partial charge in [0.15, 0.2) is 11.3 Å². The number of nitrogen functional groups attached to an aromatic ring is 1. The van der Waals surface area contributed by atoms with Crippen molar-refractivity contribution in [3.8, 4) is 11.3 Å². The maximum absolute atomic E-state index is 13.9. The minimum Gasteiger partial charge on any atom is -0.452 e. The molecule has 0 aliphatic heterocycles. The van der Waals surface area contributed by atoms with Gasteiger partial charge >= 0.3 is 0 Å². The van der Waals surface area contributed by atoms with Crippen molar-refractivity contribution in [2.45, 2.75) is 0 Å². The number of aromatic nitrogens is 1. The largest absolute Gasteiger partial charge is 0.452 e. The van der Waals surface area contributed by atoms with Gasteiger partial charge in [0, 0.05) is 11.6 Å². The number of benzene rings is 1. The maximum atomic E-state index is 13.9. The van der Waals surface area contributed by atoms with Crippen LogP contribution in [0.25, 0.3) is 22.3 Å². The summed E-state index contributed by atoms with van der Waals surface area (Å²) in [5, 5.41) is 0.618. The van der Waals surface area contributed by atoms with Crippen LogP contribution in [0.15, 0.2) is 39.5 Å². The molecular formula is C13H7BrF2N2O. The van der Waals surface area contributed by atoms with Crippen LogP contribution in [0.2, 0.25) is 0 Å². The standard InChI is InChI=1S/C13H7BrF2N2O/c14-8-4-9(15)7(3-10(8)16)13-12(17)6-1-2-18-5-11(6)19-13/h1-5H,17H2. The predicted octanol–water partition coefficient (Wildman–Crippen LogP) is 4.12. The Hall–Kier alpha value is -1.95. The van der Waals surface area contributed by atoms with Crippen LogP contribution in [-0.4, -0.2) is 4.98 Å². The summed E-state index contributed by atoms with van der Waals surface area (Å²) in [6.45, 7) is 0. The van der Waals surface area contributed by atoms with Crippen LogP contribution in [0.4, 0.5) is 14.5 Å². The van der Waals surface area contributed by atoms with Gasteiger partial charge in [-0.3, -0.25) is 4.98 Å². The molecular weight excluding hydrogens is 318 g/mol. The zero-order chi connectivity index (χ0) is 13.6. The third kappa shape index (κ3) is 1.88. The predicted molar refractivity (Wildman–Crippen MR) is 71.5 cm³/mol. The summed E-state index contributed by atoms with van der Waals surface area (Å²) >= 11 is 2.92. The fourth-order valence-electron chi connectivity index (χ4n) is 1.87. The summed E-state index contributed by atoms with van der Waals surface area (Å²) in [6.07, 6.45) is 3.03. The van der Waals surface area contributed by atoms with Gasteiger partial charge in [-0.05, 0) is 34.1 Å². The van der Waals surface area contributed by atoms with Crippen LogP contribution >= 0.6 is 15.9 Å². The molecule has 3 aromatic rings. The molecule has 0 fully saturated rings. The average Bonchev–Trinajstić information content (AvgIpc) is 2.72. The monoisotopic (exact) mass is 324 g/mol. The molecule has 0 atom stereocenters. The van der Waals surface area contributed by atoms with Crippen LogP contribution < -0.4 is 5.73 Å². The van der Waals surface area contributed by atoms with Gasteiger partial charge in [0.25, 0.3) is 0 Å². The van der Waals surface area contributed by atoms with E-state index in [4.69, 9.17) is 10.2 Å². The highest BCUT2D eigenvalue weighted by Crippen LogP contribution is 2.37. The van der Waals surface area contributed by atoms with Crippen molar-refractivity contribution in [2.75, 3.05) is 5.73 Å². The fraction of sp³-hybridized carbons (Fsp3) is 0. The van der Waals surface area contributed by atoms with Gasteiger partial charge in [0.2, 0.25) is 0 Å². The van der Waals surface area contributed by atoms with Crippen LogP contribution in [0, 0.1) is 11.6 Å². The quantitative estimate of drug-likeness (QED) is 0.685. The molecule has 2 aromatic heterocycles. The van der Waals surface area contributed by atoms with E-state index in [0.29, 0.717) is 11.0 Å². The lowest BCUT2D eigenvalue weighted by molar-refractivity contribution is 0.582. The van der Waals surface area contributed by atoms with Gasteiger partial charge < -0.3 is 10.2 Å². The first-order chi connectivity index (χ1) is 9.08. The molecule has 0 saturated carbocycles. The van der Waals surface area contributed by atoms with Crippen molar-refractivity contribution in [1.29, 1.82) is 0 Å². The van der Waals surface area contributed by atoms with Gasteiger partial charge in [0.05, 0.1) is 21.9 Å². The Kier molecular flexibility index (Phi) is 2.74. The van der Waals surface area contributed by atoms with Crippen molar-refractivity contribution in [1.82, 2.24) is 4.98 Å². The maximum Gasteiger partial charge on any atom is 0.161 e. The van der Waals surface area contributed by atoms with E-state index in [-0.39, 0.29) is 21.5 Å². The number of hydrogen-bond donors (Lipinski definition) is 1. The third-order valence-electron chi connectivity index (χ3n) is 2.79. The topological polar surface area (TPSA) is 52.0 Å². The number of fused-ring (bicyclic) bond motifs is 1.